The number of rotatable bonds is 5. The molecule has 110 valence electrons. The second-order valence-electron chi connectivity index (χ2n) is 4.60. The van der Waals surface area contributed by atoms with Crippen molar-refractivity contribution in [2.24, 2.45) is 11.7 Å². The van der Waals surface area contributed by atoms with E-state index >= 15 is 0 Å². The number of benzene rings is 1. The number of carbonyl (C=O) groups excluding carboxylic acids is 1. The van der Waals surface area contributed by atoms with Crippen LogP contribution in [0.2, 0.25) is 5.02 Å². The van der Waals surface area contributed by atoms with E-state index in [2.05, 4.69) is 5.32 Å². The highest BCUT2D eigenvalue weighted by molar-refractivity contribution is 6.34. The lowest BCUT2D eigenvalue weighted by Gasteiger charge is -2.17. The van der Waals surface area contributed by atoms with Gasteiger partial charge in [0.2, 0.25) is 5.91 Å². The predicted molar refractivity (Wildman–Crippen MR) is 76.4 cm³/mol. The number of amides is 1. The molecule has 0 aliphatic rings. The first kappa shape index (κ1) is 16.3. The number of methoxy groups -OCH3 is 1. The molecule has 0 saturated carbocycles. The van der Waals surface area contributed by atoms with Crippen molar-refractivity contribution in [3.05, 3.63) is 22.7 Å². The number of aromatic carboxylic acids is 1. The first-order valence-corrected chi connectivity index (χ1v) is 6.33. The molecule has 1 unspecified atom stereocenters. The van der Waals surface area contributed by atoms with Crippen molar-refractivity contribution in [3.8, 4) is 5.75 Å². The van der Waals surface area contributed by atoms with Crippen molar-refractivity contribution >= 4 is 29.2 Å². The van der Waals surface area contributed by atoms with Gasteiger partial charge in [-0.3, -0.25) is 4.79 Å². The van der Waals surface area contributed by atoms with E-state index in [-0.39, 0.29) is 27.9 Å². The molecule has 0 heterocycles. The highest BCUT2D eigenvalue weighted by Crippen LogP contribution is 2.31. The van der Waals surface area contributed by atoms with Gasteiger partial charge in [0.1, 0.15) is 11.3 Å². The quantitative estimate of drug-likeness (QED) is 0.771. The van der Waals surface area contributed by atoms with E-state index in [1.165, 1.54) is 19.2 Å². The van der Waals surface area contributed by atoms with E-state index < -0.39 is 17.9 Å². The molecule has 1 amide bonds. The molecule has 0 aliphatic carbocycles. The highest BCUT2D eigenvalue weighted by atomic mass is 35.5. The summed E-state index contributed by atoms with van der Waals surface area (Å²) in [4.78, 5) is 22.9. The number of hydrogen-bond acceptors (Lipinski definition) is 4. The fourth-order valence-electron chi connectivity index (χ4n) is 1.50. The number of carboxylic acid groups (broad SMARTS) is 1. The molecular formula is C13H17ClN2O4. The summed E-state index contributed by atoms with van der Waals surface area (Å²) in [5.74, 6) is -1.49. The molecule has 1 rings (SSSR count). The van der Waals surface area contributed by atoms with E-state index in [1.807, 2.05) is 13.8 Å². The molecule has 7 heteroatoms. The van der Waals surface area contributed by atoms with Gasteiger partial charge in [0, 0.05) is 6.07 Å². The van der Waals surface area contributed by atoms with E-state index in [0.29, 0.717) is 0 Å². The zero-order valence-corrected chi connectivity index (χ0v) is 12.2. The van der Waals surface area contributed by atoms with Gasteiger partial charge in [0.15, 0.2) is 0 Å². The fraction of sp³-hybridized carbons (Fsp3) is 0.385. The number of hydrogen-bond donors (Lipinski definition) is 3. The number of ether oxygens (including phenoxy) is 1. The molecule has 0 aliphatic heterocycles. The molecule has 0 aromatic heterocycles. The van der Waals surface area contributed by atoms with Crippen molar-refractivity contribution in [1.29, 1.82) is 0 Å². The molecule has 4 N–H and O–H groups in total. The Morgan fingerprint density at radius 1 is 1.40 bits per heavy atom. The van der Waals surface area contributed by atoms with Crippen LogP contribution in [-0.2, 0) is 4.79 Å². The molecule has 1 atom stereocenters. The van der Waals surface area contributed by atoms with Crippen molar-refractivity contribution in [3.63, 3.8) is 0 Å². The molecule has 0 spiro atoms. The maximum Gasteiger partial charge on any atom is 0.339 e. The first-order chi connectivity index (χ1) is 9.27. The Morgan fingerprint density at radius 3 is 2.45 bits per heavy atom. The summed E-state index contributed by atoms with van der Waals surface area (Å²) in [6.45, 7) is 3.64. The van der Waals surface area contributed by atoms with Crippen LogP contribution in [0.3, 0.4) is 0 Å². The minimum Gasteiger partial charge on any atom is -0.496 e. The molecular weight excluding hydrogens is 284 g/mol. The van der Waals surface area contributed by atoms with Gasteiger partial charge in [0.05, 0.1) is 23.9 Å². The third kappa shape index (κ3) is 3.61. The van der Waals surface area contributed by atoms with Crippen LogP contribution in [0.15, 0.2) is 12.1 Å². The summed E-state index contributed by atoms with van der Waals surface area (Å²) in [5, 5.41) is 11.7. The standard InChI is InChI=1S/C13H17ClN2O4/c1-6(2)11(15)12(17)16-9-5-10(20-3)7(13(18)19)4-8(9)14/h4-6,11H,15H2,1-3H3,(H,16,17)(H,18,19). The van der Waals surface area contributed by atoms with Crippen molar-refractivity contribution in [2.75, 3.05) is 12.4 Å². The number of nitrogens with one attached hydrogen (secondary N) is 1. The van der Waals surface area contributed by atoms with E-state index in [9.17, 15) is 9.59 Å². The number of halogens is 1. The Balaban J connectivity index is 3.08. The van der Waals surface area contributed by atoms with Crippen molar-refractivity contribution < 1.29 is 19.4 Å². The third-order valence-corrected chi connectivity index (χ3v) is 3.11. The number of carboxylic acids is 1. The monoisotopic (exact) mass is 300 g/mol. The Hall–Kier alpha value is -1.79. The Kier molecular flexibility index (Phi) is 5.35. The molecule has 6 nitrogen and oxygen atoms in total. The molecule has 1 aromatic carbocycles. The predicted octanol–water partition coefficient (Wildman–Crippen LogP) is 1.97. The summed E-state index contributed by atoms with van der Waals surface area (Å²) in [5.41, 5.74) is 5.91. The number of carbonyl (C=O) groups is 2. The zero-order valence-electron chi connectivity index (χ0n) is 11.4. The Labute approximate surface area is 121 Å². The second kappa shape index (κ2) is 6.58. The number of anilines is 1. The van der Waals surface area contributed by atoms with E-state index in [4.69, 9.17) is 27.2 Å². The van der Waals surface area contributed by atoms with Gasteiger partial charge in [-0.15, -0.1) is 0 Å². The summed E-state index contributed by atoms with van der Waals surface area (Å²) in [6, 6.07) is 1.90. The topological polar surface area (TPSA) is 102 Å². The van der Waals surface area contributed by atoms with Crippen LogP contribution in [0.1, 0.15) is 24.2 Å². The lowest BCUT2D eigenvalue weighted by Crippen LogP contribution is -2.39. The summed E-state index contributed by atoms with van der Waals surface area (Å²) < 4.78 is 4.97. The molecule has 0 radical (unpaired) electrons. The smallest absolute Gasteiger partial charge is 0.339 e. The summed E-state index contributed by atoms with van der Waals surface area (Å²) in [7, 11) is 1.33. The van der Waals surface area contributed by atoms with Gasteiger partial charge in [0.25, 0.3) is 0 Å². The minimum absolute atomic E-state index is 0.0334. The minimum atomic E-state index is -1.17. The largest absolute Gasteiger partial charge is 0.496 e. The Morgan fingerprint density at radius 2 is 2.00 bits per heavy atom. The Bertz CT molecular complexity index is 531. The maximum atomic E-state index is 11.9. The molecule has 20 heavy (non-hydrogen) atoms. The highest BCUT2D eigenvalue weighted by Gasteiger charge is 2.20. The third-order valence-electron chi connectivity index (χ3n) is 2.80. The van der Waals surface area contributed by atoms with Crippen LogP contribution in [-0.4, -0.2) is 30.1 Å². The van der Waals surface area contributed by atoms with Crippen LogP contribution in [0.5, 0.6) is 5.75 Å². The maximum absolute atomic E-state index is 11.9. The molecule has 0 fully saturated rings. The van der Waals surface area contributed by atoms with Gasteiger partial charge in [-0.1, -0.05) is 25.4 Å². The van der Waals surface area contributed by atoms with Crippen LogP contribution >= 0.6 is 11.6 Å². The molecule has 0 bridgehead atoms. The van der Waals surface area contributed by atoms with Gasteiger partial charge in [-0.25, -0.2) is 4.79 Å². The van der Waals surface area contributed by atoms with Crippen molar-refractivity contribution in [2.45, 2.75) is 19.9 Å². The van der Waals surface area contributed by atoms with Gasteiger partial charge in [-0.2, -0.15) is 0 Å². The van der Waals surface area contributed by atoms with Crippen LogP contribution in [0, 0.1) is 5.92 Å². The lowest BCUT2D eigenvalue weighted by molar-refractivity contribution is -0.118. The summed E-state index contributed by atoms with van der Waals surface area (Å²) >= 11 is 5.96. The first-order valence-electron chi connectivity index (χ1n) is 5.95. The normalized spacial score (nSPS) is 12.1. The van der Waals surface area contributed by atoms with Crippen molar-refractivity contribution in [1.82, 2.24) is 0 Å². The van der Waals surface area contributed by atoms with E-state index in [0.717, 1.165) is 0 Å². The summed E-state index contributed by atoms with van der Waals surface area (Å²) in [6.07, 6.45) is 0. The van der Waals surface area contributed by atoms with E-state index in [1.54, 1.807) is 0 Å². The van der Waals surface area contributed by atoms with Gasteiger partial charge < -0.3 is 20.9 Å². The van der Waals surface area contributed by atoms with Crippen LogP contribution in [0.4, 0.5) is 5.69 Å². The van der Waals surface area contributed by atoms with Crippen LogP contribution in [0.25, 0.3) is 0 Å². The second-order valence-corrected chi connectivity index (χ2v) is 5.00. The average Bonchev–Trinajstić information content (AvgIpc) is 2.39. The average molecular weight is 301 g/mol. The molecule has 0 saturated heterocycles. The SMILES string of the molecule is COc1cc(NC(=O)C(N)C(C)C)c(Cl)cc1C(=O)O. The van der Waals surface area contributed by atoms with Gasteiger partial charge in [-0.05, 0) is 12.0 Å². The number of nitrogens with two attached hydrogens (primary N) is 1. The van der Waals surface area contributed by atoms with Gasteiger partial charge >= 0.3 is 5.97 Å². The molecule has 1 aromatic rings. The zero-order chi connectivity index (χ0) is 15.4. The fourth-order valence-corrected chi connectivity index (χ4v) is 1.71. The van der Waals surface area contributed by atoms with Crippen LogP contribution < -0.4 is 15.8 Å². The lowest BCUT2D eigenvalue weighted by atomic mass is 10.0.